The SMILES string of the molecule is COCc1nc(N)cc(NCCc2cnn(C)c2)n1. The summed E-state index contributed by atoms with van der Waals surface area (Å²) in [5, 5.41) is 7.34. The van der Waals surface area contributed by atoms with Crippen LogP contribution in [0, 0.1) is 0 Å². The molecule has 7 heteroatoms. The van der Waals surface area contributed by atoms with Crippen LogP contribution in [0.15, 0.2) is 18.5 Å². The Hall–Kier alpha value is -2.15. The number of methoxy groups -OCH3 is 1. The molecule has 0 fully saturated rings. The monoisotopic (exact) mass is 262 g/mol. The molecule has 7 nitrogen and oxygen atoms in total. The summed E-state index contributed by atoms with van der Waals surface area (Å²) in [6.45, 7) is 1.11. The minimum atomic E-state index is 0.350. The molecule has 2 heterocycles. The predicted molar refractivity (Wildman–Crippen MR) is 72.6 cm³/mol. The average Bonchev–Trinajstić information content (AvgIpc) is 2.75. The first-order valence-electron chi connectivity index (χ1n) is 6.01. The summed E-state index contributed by atoms with van der Waals surface area (Å²) in [5.74, 6) is 1.72. The highest BCUT2D eigenvalue weighted by molar-refractivity contribution is 5.44. The Labute approximate surface area is 111 Å². The number of rotatable bonds is 6. The molecule has 2 aromatic heterocycles. The Morgan fingerprint density at radius 1 is 1.42 bits per heavy atom. The molecule has 2 aromatic rings. The van der Waals surface area contributed by atoms with Gasteiger partial charge in [-0.1, -0.05) is 0 Å². The van der Waals surface area contributed by atoms with Crippen LogP contribution >= 0.6 is 0 Å². The van der Waals surface area contributed by atoms with Crippen molar-refractivity contribution in [3.63, 3.8) is 0 Å². The summed E-state index contributed by atoms with van der Waals surface area (Å²) in [4.78, 5) is 8.39. The van der Waals surface area contributed by atoms with Gasteiger partial charge in [0.2, 0.25) is 0 Å². The van der Waals surface area contributed by atoms with Crippen LogP contribution in [0.1, 0.15) is 11.4 Å². The fraction of sp³-hybridized carbons (Fsp3) is 0.417. The molecule has 0 aromatic carbocycles. The van der Waals surface area contributed by atoms with E-state index in [0.29, 0.717) is 24.1 Å². The summed E-state index contributed by atoms with van der Waals surface area (Å²) in [5.41, 5.74) is 6.89. The number of nitrogen functional groups attached to an aromatic ring is 1. The van der Waals surface area contributed by atoms with Crippen molar-refractivity contribution >= 4 is 11.6 Å². The maximum Gasteiger partial charge on any atom is 0.158 e. The fourth-order valence-electron chi connectivity index (χ4n) is 1.74. The van der Waals surface area contributed by atoms with E-state index in [-0.39, 0.29) is 0 Å². The Morgan fingerprint density at radius 2 is 2.26 bits per heavy atom. The van der Waals surface area contributed by atoms with E-state index in [1.165, 1.54) is 5.56 Å². The average molecular weight is 262 g/mol. The van der Waals surface area contributed by atoms with Crippen molar-refractivity contribution in [2.24, 2.45) is 7.05 Å². The summed E-state index contributed by atoms with van der Waals surface area (Å²) in [7, 11) is 3.50. The van der Waals surface area contributed by atoms with Crippen molar-refractivity contribution in [2.45, 2.75) is 13.0 Å². The summed E-state index contributed by atoms with van der Waals surface area (Å²) in [6.07, 6.45) is 4.72. The van der Waals surface area contributed by atoms with Crippen molar-refractivity contribution in [3.8, 4) is 0 Å². The van der Waals surface area contributed by atoms with Gasteiger partial charge in [0.15, 0.2) is 5.82 Å². The normalized spacial score (nSPS) is 10.6. The summed E-state index contributed by atoms with van der Waals surface area (Å²) >= 11 is 0. The van der Waals surface area contributed by atoms with Gasteiger partial charge in [0.25, 0.3) is 0 Å². The second-order valence-corrected chi connectivity index (χ2v) is 4.23. The van der Waals surface area contributed by atoms with Gasteiger partial charge in [0.05, 0.1) is 6.20 Å². The van der Waals surface area contributed by atoms with Crippen LogP contribution in [0.25, 0.3) is 0 Å². The second kappa shape index (κ2) is 6.14. The topological polar surface area (TPSA) is 90.9 Å². The van der Waals surface area contributed by atoms with Crippen LogP contribution in [-0.4, -0.2) is 33.4 Å². The largest absolute Gasteiger partial charge is 0.384 e. The van der Waals surface area contributed by atoms with Gasteiger partial charge in [-0.15, -0.1) is 0 Å². The number of nitrogens with two attached hydrogens (primary N) is 1. The lowest BCUT2D eigenvalue weighted by molar-refractivity contribution is 0.178. The zero-order valence-corrected chi connectivity index (χ0v) is 11.1. The van der Waals surface area contributed by atoms with Crippen molar-refractivity contribution in [3.05, 3.63) is 29.8 Å². The quantitative estimate of drug-likeness (QED) is 0.792. The van der Waals surface area contributed by atoms with E-state index in [1.807, 2.05) is 19.4 Å². The van der Waals surface area contributed by atoms with Gasteiger partial charge in [-0.25, -0.2) is 9.97 Å². The first-order chi connectivity index (χ1) is 9.17. The highest BCUT2D eigenvalue weighted by atomic mass is 16.5. The molecule has 0 aliphatic carbocycles. The Bertz CT molecular complexity index is 539. The summed E-state index contributed by atoms with van der Waals surface area (Å²) in [6, 6.07) is 1.71. The van der Waals surface area contributed by atoms with Gasteiger partial charge < -0.3 is 15.8 Å². The van der Waals surface area contributed by atoms with Gasteiger partial charge in [0, 0.05) is 33.0 Å². The van der Waals surface area contributed by atoms with Crippen molar-refractivity contribution < 1.29 is 4.74 Å². The molecular weight excluding hydrogens is 244 g/mol. The number of ether oxygens (including phenoxy) is 1. The standard InChI is InChI=1S/C12H18N6O/c1-18-7-9(6-15-18)3-4-14-11-5-10(13)16-12(17-11)8-19-2/h5-7H,3-4,8H2,1-2H3,(H3,13,14,16,17). The van der Waals surface area contributed by atoms with Crippen LogP contribution in [0.3, 0.4) is 0 Å². The third kappa shape index (κ3) is 3.92. The van der Waals surface area contributed by atoms with Crippen LogP contribution in [-0.2, 0) is 24.8 Å². The molecule has 0 spiro atoms. The van der Waals surface area contributed by atoms with E-state index in [1.54, 1.807) is 17.9 Å². The Balaban J connectivity index is 1.91. The van der Waals surface area contributed by atoms with E-state index >= 15 is 0 Å². The number of aromatic nitrogens is 4. The van der Waals surface area contributed by atoms with Crippen LogP contribution < -0.4 is 11.1 Å². The molecule has 0 saturated carbocycles. The van der Waals surface area contributed by atoms with E-state index in [2.05, 4.69) is 20.4 Å². The molecule has 102 valence electrons. The van der Waals surface area contributed by atoms with E-state index in [0.717, 1.165) is 13.0 Å². The van der Waals surface area contributed by atoms with Gasteiger partial charge >= 0.3 is 0 Å². The highest BCUT2D eigenvalue weighted by Gasteiger charge is 2.02. The minimum Gasteiger partial charge on any atom is -0.384 e. The highest BCUT2D eigenvalue weighted by Crippen LogP contribution is 2.09. The molecular formula is C12H18N6O. The number of hydrogen-bond donors (Lipinski definition) is 2. The molecule has 0 bridgehead atoms. The molecule has 0 aliphatic rings. The molecule has 0 unspecified atom stereocenters. The van der Waals surface area contributed by atoms with Crippen molar-refractivity contribution in [2.75, 3.05) is 24.7 Å². The smallest absolute Gasteiger partial charge is 0.158 e. The fourth-order valence-corrected chi connectivity index (χ4v) is 1.74. The molecule has 0 saturated heterocycles. The van der Waals surface area contributed by atoms with E-state index in [4.69, 9.17) is 10.5 Å². The van der Waals surface area contributed by atoms with Crippen molar-refractivity contribution in [1.82, 2.24) is 19.7 Å². The lowest BCUT2D eigenvalue weighted by atomic mass is 10.2. The maximum absolute atomic E-state index is 5.72. The van der Waals surface area contributed by atoms with Crippen LogP contribution in [0.5, 0.6) is 0 Å². The molecule has 0 aliphatic heterocycles. The number of anilines is 2. The number of aryl methyl sites for hydroxylation is 1. The van der Waals surface area contributed by atoms with E-state index in [9.17, 15) is 0 Å². The van der Waals surface area contributed by atoms with Crippen molar-refractivity contribution in [1.29, 1.82) is 0 Å². The third-order valence-corrected chi connectivity index (χ3v) is 2.54. The zero-order valence-electron chi connectivity index (χ0n) is 11.1. The van der Waals surface area contributed by atoms with Gasteiger partial charge in [0.1, 0.15) is 18.2 Å². The molecule has 19 heavy (non-hydrogen) atoms. The van der Waals surface area contributed by atoms with E-state index < -0.39 is 0 Å². The molecule has 0 amide bonds. The number of nitrogens with zero attached hydrogens (tertiary/aromatic N) is 4. The first-order valence-corrected chi connectivity index (χ1v) is 6.01. The van der Waals surface area contributed by atoms with Gasteiger partial charge in [-0.2, -0.15) is 5.10 Å². The lowest BCUT2D eigenvalue weighted by Crippen LogP contribution is -2.09. The Kier molecular flexibility index (Phi) is 4.30. The minimum absolute atomic E-state index is 0.350. The zero-order chi connectivity index (χ0) is 13.7. The molecule has 0 radical (unpaired) electrons. The Morgan fingerprint density at radius 3 is 2.95 bits per heavy atom. The van der Waals surface area contributed by atoms with Gasteiger partial charge in [-0.05, 0) is 12.0 Å². The molecule has 2 rings (SSSR count). The van der Waals surface area contributed by atoms with Crippen LogP contribution in [0.4, 0.5) is 11.6 Å². The van der Waals surface area contributed by atoms with Gasteiger partial charge in [-0.3, -0.25) is 4.68 Å². The molecule has 3 N–H and O–H groups in total. The third-order valence-electron chi connectivity index (χ3n) is 2.54. The molecule has 0 atom stereocenters. The number of hydrogen-bond acceptors (Lipinski definition) is 6. The summed E-state index contributed by atoms with van der Waals surface area (Å²) < 4.78 is 6.78. The van der Waals surface area contributed by atoms with Crippen LogP contribution in [0.2, 0.25) is 0 Å². The second-order valence-electron chi connectivity index (χ2n) is 4.23. The first kappa shape index (κ1) is 13.3. The maximum atomic E-state index is 5.72. The number of nitrogens with one attached hydrogen (secondary N) is 1. The lowest BCUT2D eigenvalue weighted by Gasteiger charge is -2.07. The predicted octanol–water partition coefficient (Wildman–Crippen LogP) is 0.593.